The van der Waals surface area contributed by atoms with Crippen molar-refractivity contribution >= 4 is 34.6 Å². The summed E-state index contributed by atoms with van der Waals surface area (Å²) in [6, 6.07) is 14.0. The molecule has 112 valence electrons. The summed E-state index contributed by atoms with van der Waals surface area (Å²) in [7, 11) is 0. The molecular weight excluding hydrogens is 303 g/mol. The fourth-order valence-electron chi connectivity index (χ4n) is 1.68. The molecule has 0 radical (unpaired) electrons. The number of anilines is 1. The first-order chi connectivity index (χ1) is 10.6. The van der Waals surface area contributed by atoms with Crippen LogP contribution in [0.3, 0.4) is 0 Å². The zero-order chi connectivity index (χ0) is 15.9. The summed E-state index contributed by atoms with van der Waals surface area (Å²) in [6.07, 6.45) is 0. The number of halogens is 1. The smallest absolute Gasteiger partial charge is 0.332 e. The van der Waals surface area contributed by atoms with Gasteiger partial charge in [0.2, 0.25) is 0 Å². The molecule has 0 aromatic heterocycles. The summed E-state index contributed by atoms with van der Waals surface area (Å²) >= 11 is 5.30. The van der Waals surface area contributed by atoms with Crippen molar-refractivity contribution in [3.05, 3.63) is 66.0 Å². The van der Waals surface area contributed by atoms with Crippen LogP contribution >= 0.6 is 12.2 Å². The lowest BCUT2D eigenvalue weighted by Gasteiger charge is -2.11. The largest absolute Gasteiger partial charge is 0.350 e. The van der Waals surface area contributed by atoms with E-state index in [-0.39, 0.29) is 10.8 Å². The number of nitrogens with zero attached hydrogens (tertiary/aromatic N) is 1. The number of carbonyl (C=O) groups excluding carboxylic acids is 1. The lowest BCUT2D eigenvalue weighted by atomic mass is 10.1. The van der Waals surface area contributed by atoms with Crippen molar-refractivity contribution in [2.24, 2.45) is 10.8 Å². The summed E-state index contributed by atoms with van der Waals surface area (Å²) in [6.45, 7) is 0. The van der Waals surface area contributed by atoms with E-state index < -0.39 is 6.03 Å². The van der Waals surface area contributed by atoms with Crippen molar-refractivity contribution < 1.29 is 9.18 Å². The maximum Gasteiger partial charge on any atom is 0.332 e. The SMILES string of the molecule is NC(=O)NN=C(C(=S)Nc1ccc(F)cc1)c1ccccc1. The minimum Gasteiger partial charge on any atom is -0.350 e. The van der Waals surface area contributed by atoms with Crippen LogP contribution in [0, 0.1) is 5.82 Å². The van der Waals surface area contributed by atoms with E-state index >= 15 is 0 Å². The Hall–Kier alpha value is -2.80. The minimum absolute atomic E-state index is 0.270. The van der Waals surface area contributed by atoms with Gasteiger partial charge in [-0.15, -0.1) is 0 Å². The second kappa shape index (κ2) is 7.28. The van der Waals surface area contributed by atoms with E-state index in [1.807, 2.05) is 18.2 Å². The normalized spacial score (nSPS) is 10.9. The maximum atomic E-state index is 12.9. The van der Waals surface area contributed by atoms with Crippen molar-refractivity contribution in [2.75, 3.05) is 5.32 Å². The number of amides is 2. The standard InChI is InChI=1S/C15H13FN4OS/c16-11-6-8-12(9-7-11)18-14(22)13(19-20-15(17)21)10-4-2-1-3-5-10/h1-9H,(H,18,22)(H3,17,20,21). The van der Waals surface area contributed by atoms with Gasteiger partial charge in [-0.25, -0.2) is 14.6 Å². The van der Waals surface area contributed by atoms with E-state index in [2.05, 4.69) is 15.8 Å². The molecule has 2 rings (SSSR count). The second-order valence-electron chi connectivity index (χ2n) is 4.26. The highest BCUT2D eigenvalue weighted by Gasteiger charge is 2.11. The Kier molecular flexibility index (Phi) is 5.16. The van der Waals surface area contributed by atoms with Crippen LogP contribution in [0.5, 0.6) is 0 Å². The Labute approximate surface area is 132 Å². The quantitative estimate of drug-likeness (QED) is 0.461. The number of hydrazone groups is 1. The number of carbonyl (C=O) groups is 1. The Morgan fingerprint density at radius 3 is 2.32 bits per heavy atom. The van der Waals surface area contributed by atoms with Gasteiger partial charge in [0.05, 0.1) is 0 Å². The van der Waals surface area contributed by atoms with E-state index in [0.717, 1.165) is 0 Å². The van der Waals surface area contributed by atoms with Gasteiger partial charge in [0.1, 0.15) is 16.5 Å². The molecule has 0 saturated heterocycles. The molecule has 0 saturated carbocycles. The second-order valence-corrected chi connectivity index (χ2v) is 4.67. The van der Waals surface area contributed by atoms with Gasteiger partial charge in [-0.3, -0.25) is 0 Å². The Morgan fingerprint density at radius 2 is 1.73 bits per heavy atom. The van der Waals surface area contributed by atoms with Crippen molar-refractivity contribution in [3.8, 4) is 0 Å². The van der Waals surface area contributed by atoms with Gasteiger partial charge in [0.15, 0.2) is 0 Å². The number of hydrogen-bond donors (Lipinski definition) is 3. The first-order valence-corrected chi connectivity index (χ1v) is 6.72. The maximum absolute atomic E-state index is 12.9. The third kappa shape index (κ3) is 4.35. The monoisotopic (exact) mass is 316 g/mol. The topological polar surface area (TPSA) is 79.5 Å². The van der Waals surface area contributed by atoms with Gasteiger partial charge >= 0.3 is 6.03 Å². The number of hydrogen-bond acceptors (Lipinski definition) is 3. The third-order valence-electron chi connectivity index (χ3n) is 2.64. The van der Waals surface area contributed by atoms with Crippen LogP contribution in [0.4, 0.5) is 14.9 Å². The number of nitrogens with one attached hydrogen (secondary N) is 2. The first kappa shape index (κ1) is 15.6. The predicted molar refractivity (Wildman–Crippen MR) is 88.3 cm³/mol. The molecular formula is C15H13FN4OS. The van der Waals surface area contributed by atoms with Crippen molar-refractivity contribution in [3.63, 3.8) is 0 Å². The molecule has 22 heavy (non-hydrogen) atoms. The molecule has 7 heteroatoms. The molecule has 0 bridgehead atoms. The van der Waals surface area contributed by atoms with Crippen LogP contribution in [0.2, 0.25) is 0 Å². The highest BCUT2D eigenvalue weighted by Crippen LogP contribution is 2.11. The lowest BCUT2D eigenvalue weighted by Crippen LogP contribution is -2.30. The summed E-state index contributed by atoms with van der Waals surface area (Å²) in [4.78, 5) is 11.1. The fraction of sp³-hybridized carbons (Fsp3) is 0. The molecule has 0 heterocycles. The van der Waals surface area contributed by atoms with E-state index in [4.69, 9.17) is 18.0 Å². The summed E-state index contributed by atoms with van der Waals surface area (Å²) < 4.78 is 12.9. The molecule has 5 nitrogen and oxygen atoms in total. The van der Waals surface area contributed by atoms with Gasteiger partial charge in [0.25, 0.3) is 0 Å². The summed E-state index contributed by atoms with van der Waals surface area (Å²) in [5, 5.41) is 6.85. The lowest BCUT2D eigenvalue weighted by molar-refractivity contribution is 0.249. The van der Waals surface area contributed by atoms with Crippen molar-refractivity contribution in [1.29, 1.82) is 0 Å². The number of primary amides is 1. The molecule has 0 unspecified atom stereocenters. The van der Waals surface area contributed by atoms with E-state index in [9.17, 15) is 9.18 Å². The Morgan fingerprint density at radius 1 is 1.09 bits per heavy atom. The Bertz CT molecular complexity index is 701. The van der Waals surface area contributed by atoms with E-state index in [1.54, 1.807) is 24.3 Å². The molecule has 0 atom stereocenters. The highest BCUT2D eigenvalue weighted by molar-refractivity contribution is 7.82. The number of thiocarbonyl (C=S) groups is 1. The highest BCUT2D eigenvalue weighted by atomic mass is 32.1. The van der Waals surface area contributed by atoms with Crippen LogP contribution in [0.15, 0.2) is 59.7 Å². The van der Waals surface area contributed by atoms with Crippen molar-refractivity contribution in [2.45, 2.75) is 0 Å². The zero-order valence-corrected chi connectivity index (χ0v) is 12.2. The van der Waals surface area contributed by atoms with Gasteiger partial charge < -0.3 is 11.1 Å². The molecule has 0 aliphatic rings. The predicted octanol–water partition coefficient (Wildman–Crippen LogP) is 2.64. The van der Waals surface area contributed by atoms with Crippen LogP contribution in [-0.4, -0.2) is 16.7 Å². The zero-order valence-electron chi connectivity index (χ0n) is 11.4. The van der Waals surface area contributed by atoms with Crippen LogP contribution in [0.1, 0.15) is 5.56 Å². The average Bonchev–Trinajstić information content (AvgIpc) is 2.50. The summed E-state index contributed by atoms with van der Waals surface area (Å²) in [5.41, 5.74) is 8.84. The molecule has 2 amide bonds. The van der Waals surface area contributed by atoms with Gasteiger partial charge in [-0.1, -0.05) is 42.5 Å². The molecule has 0 fully saturated rings. The number of nitrogens with two attached hydrogens (primary N) is 1. The van der Waals surface area contributed by atoms with Gasteiger partial charge in [0, 0.05) is 11.3 Å². The van der Waals surface area contributed by atoms with Crippen LogP contribution in [0.25, 0.3) is 0 Å². The number of rotatable bonds is 4. The van der Waals surface area contributed by atoms with Gasteiger partial charge in [-0.05, 0) is 24.3 Å². The molecule has 2 aromatic rings. The Balaban J connectivity index is 2.24. The number of urea groups is 1. The van der Waals surface area contributed by atoms with Crippen molar-refractivity contribution in [1.82, 2.24) is 5.43 Å². The van der Waals surface area contributed by atoms with Crippen LogP contribution < -0.4 is 16.5 Å². The molecule has 0 spiro atoms. The van der Waals surface area contributed by atoms with Gasteiger partial charge in [-0.2, -0.15) is 5.10 Å². The molecule has 4 N–H and O–H groups in total. The molecule has 0 aliphatic carbocycles. The summed E-state index contributed by atoms with van der Waals surface area (Å²) in [5.74, 6) is -0.344. The molecule has 0 aliphatic heterocycles. The van der Waals surface area contributed by atoms with Crippen LogP contribution in [-0.2, 0) is 0 Å². The minimum atomic E-state index is -0.794. The number of benzene rings is 2. The first-order valence-electron chi connectivity index (χ1n) is 6.32. The average molecular weight is 316 g/mol. The van der Waals surface area contributed by atoms with E-state index in [1.165, 1.54) is 12.1 Å². The fourth-order valence-corrected chi connectivity index (χ4v) is 1.96. The third-order valence-corrected chi connectivity index (χ3v) is 2.94. The van der Waals surface area contributed by atoms with E-state index in [0.29, 0.717) is 17.0 Å². The molecule has 2 aromatic carbocycles.